The van der Waals surface area contributed by atoms with Gasteiger partial charge in [-0.25, -0.2) is 12.8 Å². The van der Waals surface area contributed by atoms with Crippen LogP contribution >= 0.6 is 11.8 Å². The highest BCUT2D eigenvalue weighted by molar-refractivity contribution is 8.13. The average molecular weight is 391 g/mol. The lowest BCUT2D eigenvalue weighted by Crippen LogP contribution is -2.39. The largest absolute Gasteiger partial charge is 0.312 e. The van der Waals surface area contributed by atoms with Crippen LogP contribution in [0, 0.1) is 12.7 Å². The predicted molar refractivity (Wildman–Crippen MR) is 105 cm³/mol. The summed E-state index contributed by atoms with van der Waals surface area (Å²) in [6.45, 7) is 2.04. The molecule has 2 atom stereocenters. The van der Waals surface area contributed by atoms with Crippen molar-refractivity contribution in [2.45, 2.75) is 24.8 Å². The summed E-state index contributed by atoms with van der Waals surface area (Å²) in [6.07, 6.45) is 0. The molecule has 0 aromatic heterocycles. The molecule has 136 valence electrons. The van der Waals surface area contributed by atoms with Gasteiger partial charge in [-0.15, -0.1) is 0 Å². The van der Waals surface area contributed by atoms with Crippen molar-refractivity contribution in [2.75, 3.05) is 16.4 Å². The van der Waals surface area contributed by atoms with Gasteiger partial charge in [0.05, 0.1) is 29.3 Å². The minimum absolute atomic E-state index is 0.0179. The van der Waals surface area contributed by atoms with Crippen LogP contribution in [0.5, 0.6) is 0 Å². The number of fused-ring (bicyclic) bond motifs is 1. The molecule has 0 N–H and O–H groups in total. The van der Waals surface area contributed by atoms with Crippen LogP contribution in [0.15, 0.2) is 53.5 Å². The highest BCUT2D eigenvalue weighted by Crippen LogP contribution is 2.36. The van der Waals surface area contributed by atoms with Crippen LogP contribution in [-0.4, -0.2) is 37.2 Å². The van der Waals surface area contributed by atoms with Crippen molar-refractivity contribution in [1.82, 2.24) is 0 Å². The van der Waals surface area contributed by atoms with E-state index in [1.54, 1.807) is 23.1 Å². The van der Waals surface area contributed by atoms with Crippen molar-refractivity contribution in [3.63, 3.8) is 0 Å². The van der Waals surface area contributed by atoms with Crippen LogP contribution < -0.4 is 4.90 Å². The number of para-hydroxylation sites is 1. The molecule has 2 heterocycles. The molecule has 26 heavy (non-hydrogen) atoms. The van der Waals surface area contributed by atoms with Crippen molar-refractivity contribution in [2.24, 2.45) is 4.99 Å². The van der Waals surface area contributed by atoms with Crippen molar-refractivity contribution in [3.05, 3.63) is 65.5 Å². The lowest BCUT2D eigenvalue weighted by atomic mass is 10.1. The second kappa shape index (κ2) is 6.70. The molecule has 7 heteroatoms. The van der Waals surface area contributed by atoms with Gasteiger partial charge >= 0.3 is 0 Å². The average Bonchev–Trinajstić information content (AvgIpc) is 3.05. The van der Waals surface area contributed by atoms with E-state index in [4.69, 9.17) is 0 Å². The van der Waals surface area contributed by atoms with E-state index < -0.39 is 9.84 Å². The van der Waals surface area contributed by atoms with E-state index in [-0.39, 0.29) is 29.4 Å². The summed E-state index contributed by atoms with van der Waals surface area (Å²) in [7, 11) is -3.14. The van der Waals surface area contributed by atoms with Gasteiger partial charge in [0.1, 0.15) is 5.82 Å². The van der Waals surface area contributed by atoms with Crippen LogP contribution in [0.1, 0.15) is 11.1 Å². The molecule has 2 aliphatic heterocycles. The SMILES string of the molecule is Cc1cccc(CSC2=NC3CS(=O)(=O)CC3N2c2ccccc2F)c1. The number of sulfone groups is 1. The Hall–Kier alpha value is -1.86. The zero-order valence-electron chi connectivity index (χ0n) is 14.3. The third kappa shape index (κ3) is 3.38. The Morgan fingerprint density at radius 1 is 1.19 bits per heavy atom. The maximum absolute atomic E-state index is 14.4. The summed E-state index contributed by atoms with van der Waals surface area (Å²) in [5, 5.41) is 0.696. The summed E-state index contributed by atoms with van der Waals surface area (Å²) in [5.74, 6) is 0.403. The monoisotopic (exact) mass is 390 g/mol. The van der Waals surface area contributed by atoms with E-state index in [0.717, 1.165) is 5.56 Å². The molecule has 1 fully saturated rings. The van der Waals surface area contributed by atoms with Gasteiger partial charge in [-0.1, -0.05) is 53.7 Å². The number of rotatable bonds is 3. The molecule has 2 aromatic rings. The number of thioether (sulfide) groups is 1. The number of hydrogen-bond donors (Lipinski definition) is 0. The molecule has 0 saturated carbocycles. The van der Waals surface area contributed by atoms with Gasteiger partial charge in [0, 0.05) is 5.75 Å². The van der Waals surface area contributed by atoms with Gasteiger partial charge in [0.15, 0.2) is 15.0 Å². The lowest BCUT2D eigenvalue weighted by molar-refractivity contribution is 0.600. The van der Waals surface area contributed by atoms with Gasteiger partial charge in [-0.3, -0.25) is 4.99 Å². The van der Waals surface area contributed by atoms with Gasteiger partial charge < -0.3 is 4.90 Å². The number of amidine groups is 1. The van der Waals surface area contributed by atoms with E-state index >= 15 is 0 Å². The first kappa shape index (κ1) is 17.5. The number of aliphatic imine (C=N–C) groups is 1. The Bertz CT molecular complexity index is 975. The van der Waals surface area contributed by atoms with Crippen LogP contribution in [-0.2, 0) is 15.6 Å². The molecule has 0 bridgehead atoms. The zero-order chi connectivity index (χ0) is 18.3. The van der Waals surface area contributed by atoms with E-state index in [9.17, 15) is 12.8 Å². The van der Waals surface area contributed by atoms with Crippen molar-refractivity contribution < 1.29 is 12.8 Å². The van der Waals surface area contributed by atoms with E-state index in [0.29, 0.717) is 16.6 Å². The molecule has 0 amide bonds. The number of benzene rings is 2. The van der Waals surface area contributed by atoms with E-state index in [2.05, 4.69) is 11.1 Å². The van der Waals surface area contributed by atoms with E-state index in [1.165, 1.54) is 23.4 Å². The molecular formula is C19H19FN2O2S2. The van der Waals surface area contributed by atoms with Gasteiger partial charge in [-0.05, 0) is 24.6 Å². The van der Waals surface area contributed by atoms with Crippen molar-refractivity contribution in [3.8, 4) is 0 Å². The first-order valence-electron chi connectivity index (χ1n) is 8.43. The minimum atomic E-state index is -3.14. The molecule has 0 spiro atoms. The third-order valence-corrected chi connectivity index (χ3v) is 7.41. The molecule has 0 aliphatic carbocycles. The Labute approximate surface area is 157 Å². The van der Waals surface area contributed by atoms with Gasteiger partial charge in [0.2, 0.25) is 0 Å². The zero-order valence-corrected chi connectivity index (χ0v) is 15.9. The standard InChI is InChI=1S/C19H19FN2O2S2/c1-13-5-4-6-14(9-13)10-25-19-21-16-11-26(23,24)12-18(16)22(19)17-8-3-2-7-15(17)20/h2-9,16,18H,10-12H2,1H3. The number of nitrogens with zero attached hydrogens (tertiary/aromatic N) is 2. The van der Waals surface area contributed by atoms with E-state index in [1.807, 2.05) is 25.1 Å². The van der Waals surface area contributed by atoms with Crippen LogP contribution in [0.4, 0.5) is 10.1 Å². The Morgan fingerprint density at radius 2 is 2.00 bits per heavy atom. The van der Waals surface area contributed by atoms with Gasteiger partial charge in [-0.2, -0.15) is 0 Å². The molecule has 2 aliphatic rings. The highest BCUT2D eigenvalue weighted by atomic mass is 32.2. The first-order chi connectivity index (χ1) is 12.4. The van der Waals surface area contributed by atoms with Crippen LogP contribution in [0.25, 0.3) is 0 Å². The summed E-state index contributed by atoms with van der Waals surface area (Å²) >= 11 is 1.53. The maximum atomic E-state index is 14.4. The smallest absolute Gasteiger partial charge is 0.164 e. The first-order valence-corrected chi connectivity index (χ1v) is 11.2. The summed E-state index contributed by atoms with van der Waals surface area (Å²) < 4.78 is 38.5. The van der Waals surface area contributed by atoms with Crippen LogP contribution in [0.3, 0.4) is 0 Å². The fourth-order valence-electron chi connectivity index (χ4n) is 3.51. The lowest BCUT2D eigenvalue weighted by Gasteiger charge is -2.26. The Kier molecular flexibility index (Phi) is 4.52. The number of halogens is 1. The van der Waals surface area contributed by atoms with Crippen molar-refractivity contribution in [1.29, 1.82) is 0 Å². The molecular weight excluding hydrogens is 371 g/mol. The molecule has 2 aromatic carbocycles. The molecule has 1 saturated heterocycles. The third-order valence-electron chi connectivity index (χ3n) is 4.67. The number of hydrogen-bond acceptors (Lipinski definition) is 5. The summed E-state index contributed by atoms with van der Waals surface area (Å²) in [5.41, 5.74) is 2.74. The molecule has 4 nitrogen and oxygen atoms in total. The summed E-state index contributed by atoms with van der Waals surface area (Å²) in [6, 6.07) is 14.1. The second-order valence-corrected chi connectivity index (χ2v) is 9.82. The fourth-order valence-corrected chi connectivity index (χ4v) is 6.41. The number of anilines is 1. The molecule has 4 rings (SSSR count). The van der Waals surface area contributed by atoms with Crippen LogP contribution in [0.2, 0.25) is 0 Å². The molecule has 2 unspecified atom stereocenters. The Balaban J connectivity index is 1.64. The summed E-state index contributed by atoms with van der Waals surface area (Å²) in [4.78, 5) is 6.42. The maximum Gasteiger partial charge on any atom is 0.164 e. The fraction of sp³-hybridized carbons (Fsp3) is 0.316. The normalized spacial score (nSPS) is 23.8. The molecule has 0 radical (unpaired) electrons. The highest BCUT2D eigenvalue weighted by Gasteiger charge is 2.47. The quantitative estimate of drug-likeness (QED) is 0.806. The second-order valence-electron chi connectivity index (χ2n) is 6.72. The van der Waals surface area contributed by atoms with Crippen molar-refractivity contribution >= 4 is 32.5 Å². The minimum Gasteiger partial charge on any atom is -0.312 e. The number of aryl methyl sites for hydroxylation is 1. The topological polar surface area (TPSA) is 49.7 Å². The van der Waals surface area contributed by atoms with Gasteiger partial charge in [0.25, 0.3) is 0 Å². The predicted octanol–water partition coefficient (Wildman–Crippen LogP) is 3.41. The Morgan fingerprint density at radius 3 is 2.77 bits per heavy atom.